The third-order valence-corrected chi connectivity index (χ3v) is 3.96. The molecule has 3 rings (SSSR count). The molecule has 0 N–H and O–H groups in total. The Morgan fingerprint density at radius 2 is 1.89 bits per heavy atom. The van der Waals surface area contributed by atoms with Gasteiger partial charge in [-0.1, -0.05) is 0 Å². The minimum absolute atomic E-state index is 0.0378. The number of fused-ring (bicyclic) bond motifs is 2. The number of carbonyl (C=O) groups excluding carboxylic acids is 1. The van der Waals surface area contributed by atoms with Crippen LogP contribution >= 0.6 is 0 Å². The first-order chi connectivity index (χ1) is 13.0. The van der Waals surface area contributed by atoms with Crippen molar-refractivity contribution in [3.63, 3.8) is 0 Å². The normalized spacial score (nSPS) is 11.6. The maximum atomic E-state index is 11.0. The lowest BCUT2D eigenvalue weighted by atomic mass is 10.1. The molecular weight excluding hydrogens is 350 g/mol. The summed E-state index contributed by atoms with van der Waals surface area (Å²) in [5, 5.41) is 1.59. The summed E-state index contributed by atoms with van der Waals surface area (Å²) in [7, 11) is 3.16. The van der Waals surface area contributed by atoms with E-state index in [1.807, 2.05) is 12.1 Å². The van der Waals surface area contributed by atoms with E-state index in [0.717, 1.165) is 10.8 Å². The lowest BCUT2D eigenvalue weighted by Crippen LogP contribution is -2.04. The number of allylic oxidation sites excluding steroid dienone is 1. The number of furan rings is 1. The van der Waals surface area contributed by atoms with E-state index in [9.17, 15) is 4.79 Å². The van der Waals surface area contributed by atoms with Crippen LogP contribution in [0, 0.1) is 0 Å². The van der Waals surface area contributed by atoms with Crippen molar-refractivity contribution in [1.82, 2.24) is 4.98 Å². The summed E-state index contributed by atoms with van der Waals surface area (Å²) >= 11 is 0. The molecule has 0 spiro atoms. The van der Waals surface area contributed by atoms with Gasteiger partial charge in [0.2, 0.25) is 5.71 Å². The average Bonchev–Trinajstić information content (AvgIpc) is 3.12. The molecule has 142 valence electrons. The van der Waals surface area contributed by atoms with E-state index in [1.165, 1.54) is 6.92 Å². The summed E-state index contributed by atoms with van der Waals surface area (Å²) in [6, 6.07) is 5.48. The van der Waals surface area contributed by atoms with E-state index < -0.39 is 0 Å². The molecule has 0 radical (unpaired) electrons. The summed E-state index contributed by atoms with van der Waals surface area (Å²) in [5.41, 5.74) is 1.05. The van der Waals surface area contributed by atoms with E-state index >= 15 is 0 Å². The van der Waals surface area contributed by atoms with Crippen molar-refractivity contribution in [3.05, 3.63) is 36.3 Å². The van der Waals surface area contributed by atoms with Crippen molar-refractivity contribution >= 4 is 27.8 Å². The zero-order valence-corrected chi connectivity index (χ0v) is 15.7. The molecule has 0 aliphatic carbocycles. The monoisotopic (exact) mass is 371 g/mol. The fourth-order valence-corrected chi connectivity index (χ4v) is 2.71. The topological polar surface area (TPSA) is 80.0 Å². The first kappa shape index (κ1) is 18.6. The summed E-state index contributed by atoms with van der Waals surface area (Å²) in [6.45, 7) is 3.54. The number of rotatable bonds is 8. The van der Waals surface area contributed by atoms with Crippen molar-refractivity contribution in [3.8, 4) is 17.2 Å². The minimum atomic E-state index is -0.0378. The molecule has 2 heterocycles. The molecule has 1 aromatic carbocycles. The van der Waals surface area contributed by atoms with Gasteiger partial charge in [0.15, 0.2) is 17.3 Å². The lowest BCUT2D eigenvalue weighted by molar-refractivity contribution is -0.120. The molecule has 0 saturated carbocycles. The fourth-order valence-electron chi connectivity index (χ4n) is 2.71. The van der Waals surface area contributed by atoms with E-state index in [0.29, 0.717) is 34.2 Å². The molecule has 27 heavy (non-hydrogen) atoms. The maximum absolute atomic E-state index is 11.0. The minimum Gasteiger partial charge on any atom is -0.495 e. The maximum Gasteiger partial charge on any atom is 0.230 e. The van der Waals surface area contributed by atoms with Gasteiger partial charge in [0.05, 0.1) is 31.6 Å². The Hall–Kier alpha value is -3.22. The fraction of sp³-hybridized carbons (Fsp3) is 0.300. The number of ketones is 1. The van der Waals surface area contributed by atoms with Gasteiger partial charge >= 0.3 is 0 Å². The van der Waals surface area contributed by atoms with Crippen LogP contribution in [-0.2, 0) is 9.53 Å². The smallest absolute Gasteiger partial charge is 0.230 e. The molecule has 0 aliphatic heterocycles. The Morgan fingerprint density at radius 3 is 2.59 bits per heavy atom. The second-order valence-corrected chi connectivity index (χ2v) is 5.89. The van der Waals surface area contributed by atoms with Gasteiger partial charge in [0.1, 0.15) is 24.5 Å². The quantitative estimate of drug-likeness (QED) is 0.556. The Bertz CT molecular complexity index is 1000. The number of nitrogens with zero attached hydrogens (tertiary/aromatic N) is 1. The van der Waals surface area contributed by atoms with Gasteiger partial charge in [-0.25, -0.2) is 4.98 Å². The molecule has 7 nitrogen and oxygen atoms in total. The van der Waals surface area contributed by atoms with Crippen molar-refractivity contribution in [2.45, 2.75) is 13.8 Å². The SMILES string of the molecule is COc1c2ccoc2nc2c(OC)c(OCC=C(C)OCC(C)=O)ccc12. The zero-order valence-electron chi connectivity index (χ0n) is 15.7. The predicted molar refractivity (Wildman–Crippen MR) is 101 cm³/mol. The van der Waals surface area contributed by atoms with E-state index in [2.05, 4.69) is 4.98 Å². The van der Waals surface area contributed by atoms with Gasteiger partial charge in [-0.15, -0.1) is 0 Å². The highest BCUT2D eigenvalue weighted by atomic mass is 16.5. The summed E-state index contributed by atoms with van der Waals surface area (Å²) < 4.78 is 27.6. The third-order valence-electron chi connectivity index (χ3n) is 3.96. The second-order valence-electron chi connectivity index (χ2n) is 5.89. The summed E-state index contributed by atoms with van der Waals surface area (Å²) in [4.78, 5) is 15.5. The van der Waals surface area contributed by atoms with Crippen LogP contribution in [-0.4, -0.2) is 38.2 Å². The molecule has 0 fully saturated rings. The van der Waals surface area contributed by atoms with Crippen molar-refractivity contribution in [2.24, 2.45) is 0 Å². The molecule has 0 aliphatic rings. The van der Waals surface area contributed by atoms with E-state index in [1.54, 1.807) is 39.5 Å². The van der Waals surface area contributed by atoms with Crippen molar-refractivity contribution in [1.29, 1.82) is 0 Å². The molecule has 3 aromatic rings. The van der Waals surface area contributed by atoms with Crippen LogP contribution in [0.2, 0.25) is 0 Å². The van der Waals surface area contributed by atoms with E-state index in [-0.39, 0.29) is 19.0 Å². The first-order valence-corrected chi connectivity index (χ1v) is 8.38. The number of hydrogen-bond donors (Lipinski definition) is 0. The third kappa shape index (κ3) is 3.81. The number of aromatic nitrogens is 1. The number of pyridine rings is 1. The first-order valence-electron chi connectivity index (χ1n) is 8.38. The van der Waals surface area contributed by atoms with Gasteiger partial charge in [-0.05, 0) is 38.1 Å². The predicted octanol–water partition coefficient (Wildman–Crippen LogP) is 3.89. The van der Waals surface area contributed by atoms with Crippen LogP contribution in [0.3, 0.4) is 0 Å². The largest absolute Gasteiger partial charge is 0.495 e. The summed E-state index contributed by atoms with van der Waals surface area (Å²) in [5.74, 6) is 2.26. The Morgan fingerprint density at radius 1 is 1.11 bits per heavy atom. The number of methoxy groups -OCH3 is 2. The number of ether oxygens (including phenoxy) is 4. The number of carbonyl (C=O) groups is 1. The average molecular weight is 371 g/mol. The highest BCUT2D eigenvalue weighted by Gasteiger charge is 2.18. The Balaban J connectivity index is 1.91. The molecular formula is C20H21NO6. The van der Waals surface area contributed by atoms with Crippen molar-refractivity contribution in [2.75, 3.05) is 27.4 Å². The number of Topliss-reactive ketones (excluding diaryl/α,β-unsaturated/α-hetero) is 1. The molecule has 7 heteroatoms. The van der Waals surface area contributed by atoms with E-state index in [4.69, 9.17) is 23.4 Å². The van der Waals surface area contributed by atoms with Crippen LogP contribution in [0.25, 0.3) is 22.0 Å². The molecule has 2 aromatic heterocycles. The highest BCUT2D eigenvalue weighted by molar-refractivity contribution is 6.02. The van der Waals surface area contributed by atoms with Crippen LogP contribution < -0.4 is 14.2 Å². The molecule has 0 unspecified atom stereocenters. The van der Waals surface area contributed by atoms with Gasteiger partial charge in [0, 0.05) is 5.39 Å². The second kappa shape index (κ2) is 7.99. The Labute approximate surface area is 156 Å². The molecule has 0 bridgehead atoms. The lowest BCUT2D eigenvalue weighted by Gasteiger charge is -2.14. The van der Waals surface area contributed by atoms with Crippen LogP contribution in [0.4, 0.5) is 0 Å². The molecule has 0 saturated heterocycles. The van der Waals surface area contributed by atoms with Crippen LogP contribution in [0.5, 0.6) is 17.2 Å². The van der Waals surface area contributed by atoms with Crippen LogP contribution in [0.15, 0.2) is 40.7 Å². The van der Waals surface area contributed by atoms with Gasteiger partial charge < -0.3 is 23.4 Å². The Kier molecular flexibility index (Phi) is 5.49. The molecule has 0 atom stereocenters. The number of hydrogen-bond acceptors (Lipinski definition) is 7. The number of benzene rings is 1. The van der Waals surface area contributed by atoms with Crippen LogP contribution in [0.1, 0.15) is 13.8 Å². The van der Waals surface area contributed by atoms with Gasteiger partial charge in [-0.3, -0.25) is 4.79 Å². The van der Waals surface area contributed by atoms with Crippen molar-refractivity contribution < 1.29 is 28.2 Å². The van der Waals surface area contributed by atoms with Gasteiger partial charge in [-0.2, -0.15) is 0 Å². The molecule has 0 amide bonds. The summed E-state index contributed by atoms with van der Waals surface area (Å²) in [6.07, 6.45) is 3.31. The highest BCUT2D eigenvalue weighted by Crippen LogP contribution is 2.41. The van der Waals surface area contributed by atoms with Gasteiger partial charge in [0.25, 0.3) is 0 Å². The zero-order chi connectivity index (χ0) is 19.4. The standard InChI is InChI=1S/C20H21NO6/c1-12(22)11-27-13(2)7-9-25-16-6-5-14-17(19(16)24-4)21-20-15(8-10-26-20)18(14)23-3/h5-8,10H,9,11H2,1-4H3.